The normalized spacial score (nSPS) is 16.9. The van der Waals surface area contributed by atoms with Gasteiger partial charge in [-0.15, -0.1) is 0 Å². The maximum Gasteiger partial charge on any atom is 0.278 e. The van der Waals surface area contributed by atoms with Crippen LogP contribution in [0.5, 0.6) is 0 Å². The van der Waals surface area contributed by atoms with Gasteiger partial charge < -0.3 is 9.26 Å². The molecule has 3 rings (SSSR count). The van der Waals surface area contributed by atoms with Crippen LogP contribution in [0, 0.1) is 11.6 Å². The molecule has 2 aromatic rings. The second-order valence-corrected chi connectivity index (χ2v) is 5.86. The number of hydrogen-bond acceptors (Lipinski definition) is 7. The van der Waals surface area contributed by atoms with Gasteiger partial charge in [-0.3, -0.25) is 4.90 Å². The monoisotopic (exact) mass is 363 g/mol. The van der Waals surface area contributed by atoms with E-state index >= 15 is 0 Å². The van der Waals surface area contributed by atoms with Crippen molar-refractivity contribution < 1.29 is 18.0 Å². The maximum absolute atomic E-state index is 13.9. The lowest BCUT2D eigenvalue weighted by molar-refractivity contribution is 0.0423. The largest absolute Gasteiger partial charge is 0.379 e. The van der Waals surface area contributed by atoms with Crippen LogP contribution < -0.4 is 0 Å². The van der Waals surface area contributed by atoms with Crippen molar-refractivity contribution in [1.29, 1.82) is 0 Å². The first-order valence-corrected chi connectivity index (χ1v) is 8.17. The molecule has 9 heteroatoms. The topological polar surface area (TPSA) is 76.1 Å². The van der Waals surface area contributed by atoms with Crippen molar-refractivity contribution in [3.63, 3.8) is 0 Å². The molecule has 2 heterocycles. The average molecular weight is 363 g/mol. The summed E-state index contributed by atoms with van der Waals surface area (Å²) in [6.07, 6.45) is 0. The van der Waals surface area contributed by atoms with Crippen LogP contribution in [-0.2, 0) is 4.74 Å². The Balaban J connectivity index is 1.90. The van der Waals surface area contributed by atoms with Crippen molar-refractivity contribution >= 4 is 5.70 Å². The number of nitrogens with zero attached hydrogens (tertiary/aromatic N) is 5. The van der Waals surface area contributed by atoms with Gasteiger partial charge in [-0.05, 0) is 30.7 Å². The Kier molecular flexibility index (Phi) is 5.79. The molecular weight excluding hydrogens is 344 g/mol. The molecule has 1 aromatic carbocycles. The molecule has 0 saturated carbocycles. The Hall–Kier alpha value is -2.52. The van der Waals surface area contributed by atoms with E-state index < -0.39 is 11.6 Å². The van der Waals surface area contributed by atoms with Crippen molar-refractivity contribution in [2.45, 2.75) is 6.92 Å². The van der Waals surface area contributed by atoms with Crippen molar-refractivity contribution in [3.05, 3.63) is 41.3 Å². The average Bonchev–Trinajstić information content (AvgIpc) is 3.12. The van der Waals surface area contributed by atoms with Crippen LogP contribution in [-0.4, -0.2) is 54.9 Å². The zero-order valence-corrected chi connectivity index (χ0v) is 14.6. The molecule has 0 aliphatic carbocycles. The summed E-state index contributed by atoms with van der Waals surface area (Å²) in [5, 5.41) is 11.7. The lowest BCUT2D eigenvalue weighted by Gasteiger charge is -2.26. The van der Waals surface area contributed by atoms with E-state index in [-0.39, 0.29) is 17.3 Å². The Bertz CT molecular complexity index is 828. The first-order chi connectivity index (χ1) is 12.6. The lowest BCUT2D eigenvalue weighted by Crippen LogP contribution is -2.37. The van der Waals surface area contributed by atoms with Crippen LogP contribution in [0.3, 0.4) is 0 Å². The van der Waals surface area contributed by atoms with Gasteiger partial charge in [-0.25, -0.2) is 8.78 Å². The van der Waals surface area contributed by atoms with Crippen LogP contribution >= 0.6 is 0 Å². The maximum atomic E-state index is 13.9. The molecule has 26 heavy (non-hydrogen) atoms. The zero-order valence-electron chi connectivity index (χ0n) is 14.6. The predicted molar refractivity (Wildman–Crippen MR) is 90.3 cm³/mol. The summed E-state index contributed by atoms with van der Waals surface area (Å²) in [5.41, 5.74) is 1.24. The van der Waals surface area contributed by atoms with E-state index in [4.69, 9.17) is 9.26 Å². The molecule has 0 N–H and O–H groups in total. The number of rotatable bonds is 5. The number of ether oxygens (including phenoxy) is 1. The fourth-order valence-electron chi connectivity index (χ4n) is 2.68. The zero-order chi connectivity index (χ0) is 18.5. The highest BCUT2D eigenvalue weighted by Gasteiger charge is 2.20. The number of halogens is 2. The van der Waals surface area contributed by atoms with Crippen molar-refractivity contribution in [1.82, 2.24) is 15.0 Å². The lowest BCUT2D eigenvalue weighted by atomic mass is 10.2. The van der Waals surface area contributed by atoms with Crippen LogP contribution in [0.2, 0.25) is 0 Å². The molecular formula is C17H19F2N5O2. The number of azo groups is 1. The van der Waals surface area contributed by atoms with Crippen LogP contribution in [0.25, 0.3) is 17.1 Å². The molecule has 7 nitrogen and oxygen atoms in total. The molecule has 1 aliphatic rings. The molecule has 0 bridgehead atoms. The summed E-state index contributed by atoms with van der Waals surface area (Å²) in [4.78, 5) is 6.39. The second kappa shape index (κ2) is 8.24. The van der Waals surface area contributed by atoms with Gasteiger partial charge in [0.15, 0.2) is 5.70 Å². The minimum Gasteiger partial charge on any atom is -0.379 e. The van der Waals surface area contributed by atoms with Crippen molar-refractivity contribution in [3.8, 4) is 11.4 Å². The molecule has 0 amide bonds. The minimum absolute atomic E-state index is 0.0417. The van der Waals surface area contributed by atoms with Gasteiger partial charge in [-0.2, -0.15) is 15.2 Å². The van der Waals surface area contributed by atoms with E-state index in [1.165, 1.54) is 7.05 Å². The number of hydrogen-bond donors (Lipinski definition) is 0. The summed E-state index contributed by atoms with van der Waals surface area (Å²) in [6.45, 7) is 5.54. The quantitative estimate of drug-likeness (QED) is 0.763. The highest BCUT2D eigenvalue weighted by molar-refractivity contribution is 5.63. The minimum atomic E-state index is -0.633. The SMILES string of the molecule is C/N=N\C(=C(/C)CN1CCOCC1)c1nc(-c2cc(F)ccc2F)no1. The van der Waals surface area contributed by atoms with Crippen molar-refractivity contribution in [2.24, 2.45) is 10.2 Å². The summed E-state index contributed by atoms with van der Waals surface area (Å²) in [7, 11) is 1.53. The van der Waals surface area contributed by atoms with E-state index in [0.29, 0.717) is 25.5 Å². The van der Waals surface area contributed by atoms with E-state index in [1.807, 2.05) is 6.92 Å². The van der Waals surface area contributed by atoms with Gasteiger partial charge in [0.1, 0.15) is 11.6 Å². The third kappa shape index (κ3) is 4.17. The molecule has 1 saturated heterocycles. The Morgan fingerprint density at radius 2 is 2.04 bits per heavy atom. The molecule has 0 radical (unpaired) electrons. The molecule has 138 valence electrons. The molecule has 0 spiro atoms. The summed E-state index contributed by atoms with van der Waals surface area (Å²) >= 11 is 0. The van der Waals surface area contributed by atoms with E-state index in [2.05, 4.69) is 25.3 Å². The Morgan fingerprint density at radius 1 is 1.27 bits per heavy atom. The predicted octanol–water partition coefficient (Wildman–Crippen LogP) is 3.16. The summed E-state index contributed by atoms with van der Waals surface area (Å²) in [6, 6.07) is 3.07. The van der Waals surface area contributed by atoms with E-state index in [1.54, 1.807) is 0 Å². The van der Waals surface area contributed by atoms with Gasteiger partial charge in [0.2, 0.25) is 5.82 Å². The Labute approximate surface area is 149 Å². The molecule has 0 atom stereocenters. The molecule has 1 aliphatic heterocycles. The smallest absolute Gasteiger partial charge is 0.278 e. The first kappa shape index (κ1) is 18.3. The van der Waals surface area contributed by atoms with Crippen LogP contribution in [0.4, 0.5) is 8.78 Å². The third-order valence-electron chi connectivity index (χ3n) is 3.97. The van der Waals surface area contributed by atoms with Crippen LogP contribution in [0.15, 0.2) is 38.5 Å². The van der Waals surface area contributed by atoms with E-state index in [0.717, 1.165) is 36.9 Å². The second-order valence-electron chi connectivity index (χ2n) is 5.86. The fraction of sp³-hybridized carbons (Fsp3) is 0.412. The van der Waals surface area contributed by atoms with Gasteiger partial charge in [0.25, 0.3) is 5.89 Å². The van der Waals surface area contributed by atoms with Gasteiger partial charge in [0.05, 0.1) is 18.8 Å². The fourth-order valence-corrected chi connectivity index (χ4v) is 2.68. The standard InChI is InChI=1S/C17H19F2N5O2/c1-11(10-24-5-7-25-8-6-24)15(22-20-2)17-21-16(23-26-17)13-9-12(18)3-4-14(13)19/h3-4,9H,5-8,10H2,1-2H3/b15-11+,22-20-. The number of morpholine rings is 1. The third-order valence-corrected chi connectivity index (χ3v) is 3.97. The van der Waals surface area contributed by atoms with Gasteiger partial charge in [-0.1, -0.05) is 5.16 Å². The first-order valence-electron chi connectivity index (χ1n) is 8.17. The molecule has 1 fully saturated rings. The highest BCUT2D eigenvalue weighted by Crippen LogP contribution is 2.25. The highest BCUT2D eigenvalue weighted by atomic mass is 19.1. The number of benzene rings is 1. The summed E-state index contributed by atoms with van der Waals surface area (Å²) in [5.74, 6) is -1.15. The van der Waals surface area contributed by atoms with Gasteiger partial charge in [0, 0.05) is 26.7 Å². The van der Waals surface area contributed by atoms with Crippen LogP contribution in [0.1, 0.15) is 12.8 Å². The van der Waals surface area contributed by atoms with Gasteiger partial charge >= 0.3 is 0 Å². The Morgan fingerprint density at radius 3 is 2.77 bits per heavy atom. The molecule has 0 unspecified atom stereocenters. The summed E-state index contributed by atoms with van der Waals surface area (Å²) < 4.78 is 37.9. The van der Waals surface area contributed by atoms with E-state index in [9.17, 15) is 8.78 Å². The van der Waals surface area contributed by atoms with Crippen molar-refractivity contribution in [2.75, 3.05) is 39.9 Å². The number of aromatic nitrogens is 2. The molecule has 1 aromatic heterocycles.